The molecule has 0 unspecified atom stereocenters. The lowest BCUT2D eigenvalue weighted by Gasteiger charge is -2.16. The van der Waals surface area contributed by atoms with Crippen LogP contribution >= 0.6 is 0 Å². The number of carbonyl (C=O) groups is 1. The summed E-state index contributed by atoms with van der Waals surface area (Å²) in [7, 11) is 0. The van der Waals surface area contributed by atoms with Crippen molar-refractivity contribution in [2.24, 2.45) is 0 Å². The number of hydrogen-bond donors (Lipinski definition) is 1. The number of H-pyrrole nitrogens is 1. The van der Waals surface area contributed by atoms with E-state index in [0.29, 0.717) is 18.0 Å². The van der Waals surface area contributed by atoms with Gasteiger partial charge in [0.05, 0.1) is 11.8 Å². The topological polar surface area (TPSA) is 74.8 Å². The fourth-order valence-electron chi connectivity index (χ4n) is 2.88. The first-order valence-electron chi connectivity index (χ1n) is 7.67. The zero-order valence-electron chi connectivity index (χ0n) is 13.2. The van der Waals surface area contributed by atoms with Crippen LogP contribution in [0.15, 0.2) is 18.6 Å². The predicted octanol–water partition coefficient (Wildman–Crippen LogP) is 2.26. The number of aryl methyl sites for hydroxylation is 1. The van der Waals surface area contributed by atoms with Crippen molar-refractivity contribution in [2.45, 2.75) is 39.0 Å². The van der Waals surface area contributed by atoms with Gasteiger partial charge in [-0.1, -0.05) is 13.8 Å². The minimum atomic E-state index is 0.00924. The van der Waals surface area contributed by atoms with E-state index in [1.807, 2.05) is 31.9 Å². The lowest BCUT2D eigenvalue weighted by Crippen LogP contribution is -2.28. The van der Waals surface area contributed by atoms with Crippen LogP contribution in [0.4, 0.5) is 0 Å². The summed E-state index contributed by atoms with van der Waals surface area (Å²) in [4.78, 5) is 23.0. The molecule has 1 atom stereocenters. The first-order valence-corrected chi connectivity index (χ1v) is 7.67. The number of nitrogens with zero attached hydrogens (tertiary/aromatic N) is 4. The van der Waals surface area contributed by atoms with E-state index < -0.39 is 0 Å². The van der Waals surface area contributed by atoms with E-state index in [1.165, 1.54) is 0 Å². The molecule has 22 heavy (non-hydrogen) atoms. The lowest BCUT2D eigenvalue weighted by atomic mass is 10.0. The number of likely N-dealkylation sites (tertiary alicyclic amines) is 1. The minimum absolute atomic E-state index is 0.00924. The highest BCUT2D eigenvalue weighted by Crippen LogP contribution is 2.28. The van der Waals surface area contributed by atoms with Crippen molar-refractivity contribution in [3.05, 3.63) is 41.2 Å². The van der Waals surface area contributed by atoms with Gasteiger partial charge in [-0.05, 0) is 18.9 Å². The van der Waals surface area contributed by atoms with Crippen LogP contribution in [0, 0.1) is 6.92 Å². The van der Waals surface area contributed by atoms with E-state index in [0.717, 1.165) is 30.0 Å². The van der Waals surface area contributed by atoms with E-state index in [4.69, 9.17) is 0 Å². The number of nitrogens with one attached hydrogen (secondary N) is 1. The van der Waals surface area contributed by atoms with Crippen molar-refractivity contribution >= 4 is 5.91 Å². The summed E-state index contributed by atoms with van der Waals surface area (Å²) in [6.07, 6.45) is 6.07. The standard InChI is InChI=1S/C16H21N5O/c1-10(2)15-17-7-13(8-18-15)16(22)21-5-4-12(9-21)14-11(3)6-19-20-14/h6-8,10,12H,4-5,9H2,1-3H3,(H,19,20)/t12-/m1/s1. The summed E-state index contributed by atoms with van der Waals surface area (Å²) < 4.78 is 0. The number of aromatic nitrogens is 4. The Morgan fingerprint density at radius 3 is 2.64 bits per heavy atom. The fraction of sp³-hybridized carbons (Fsp3) is 0.500. The maximum absolute atomic E-state index is 12.5. The molecular formula is C16H21N5O. The number of amides is 1. The summed E-state index contributed by atoms with van der Waals surface area (Å²) in [6.45, 7) is 7.59. The molecule has 0 radical (unpaired) electrons. The second-order valence-corrected chi connectivity index (χ2v) is 6.19. The Hall–Kier alpha value is -2.24. The smallest absolute Gasteiger partial charge is 0.257 e. The molecule has 0 saturated carbocycles. The molecule has 1 saturated heterocycles. The van der Waals surface area contributed by atoms with Crippen LogP contribution in [0.5, 0.6) is 0 Å². The molecule has 3 heterocycles. The maximum atomic E-state index is 12.5. The summed E-state index contributed by atoms with van der Waals surface area (Å²) in [6, 6.07) is 0. The molecule has 2 aromatic heterocycles. The SMILES string of the molecule is Cc1cn[nH]c1[C@@H]1CCN(C(=O)c2cnc(C(C)C)nc2)C1. The Kier molecular flexibility index (Phi) is 3.92. The average molecular weight is 299 g/mol. The van der Waals surface area contributed by atoms with E-state index in [9.17, 15) is 4.79 Å². The Labute approximate surface area is 130 Å². The number of hydrogen-bond acceptors (Lipinski definition) is 4. The predicted molar refractivity (Wildman–Crippen MR) is 82.7 cm³/mol. The normalized spacial score (nSPS) is 18.2. The van der Waals surface area contributed by atoms with Gasteiger partial charge in [-0.2, -0.15) is 5.10 Å². The highest BCUT2D eigenvalue weighted by atomic mass is 16.2. The van der Waals surface area contributed by atoms with Gasteiger partial charge >= 0.3 is 0 Å². The van der Waals surface area contributed by atoms with Gasteiger partial charge in [0.25, 0.3) is 5.91 Å². The first-order chi connectivity index (χ1) is 10.6. The molecule has 1 amide bonds. The Bertz CT molecular complexity index is 661. The third-order valence-electron chi connectivity index (χ3n) is 4.19. The van der Waals surface area contributed by atoms with Gasteiger partial charge in [0.1, 0.15) is 5.82 Å². The summed E-state index contributed by atoms with van der Waals surface area (Å²) >= 11 is 0. The van der Waals surface area contributed by atoms with Crippen LogP contribution in [0.25, 0.3) is 0 Å². The van der Waals surface area contributed by atoms with Crippen molar-refractivity contribution in [1.82, 2.24) is 25.1 Å². The minimum Gasteiger partial charge on any atom is -0.338 e. The number of rotatable bonds is 3. The van der Waals surface area contributed by atoms with Crippen LogP contribution in [0.1, 0.15) is 59.5 Å². The van der Waals surface area contributed by atoms with Gasteiger partial charge < -0.3 is 4.90 Å². The third-order valence-corrected chi connectivity index (χ3v) is 4.19. The van der Waals surface area contributed by atoms with Crippen molar-refractivity contribution in [3.8, 4) is 0 Å². The largest absolute Gasteiger partial charge is 0.338 e. The van der Waals surface area contributed by atoms with Gasteiger partial charge in [0.15, 0.2) is 0 Å². The van der Waals surface area contributed by atoms with E-state index >= 15 is 0 Å². The van der Waals surface area contributed by atoms with Crippen molar-refractivity contribution < 1.29 is 4.79 Å². The molecule has 3 rings (SSSR count). The average Bonchev–Trinajstić information content (AvgIpc) is 3.15. The highest BCUT2D eigenvalue weighted by molar-refractivity contribution is 5.93. The third kappa shape index (κ3) is 2.73. The van der Waals surface area contributed by atoms with E-state index in [-0.39, 0.29) is 11.8 Å². The van der Waals surface area contributed by atoms with Crippen molar-refractivity contribution in [3.63, 3.8) is 0 Å². The fourth-order valence-corrected chi connectivity index (χ4v) is 2.88. The number of aromatic amines is 1. The van der Waals surface area contributed by atoms with Gasteiger partial charge in [-0.25, -0.2) is 9.97 Å². The Morgan fingerprint density at radius 1 is 1.32 bits per heavy atom. The Morgan fingerprint density at radius 2 is 2.05 bits per heavy atom. The molecule has 2 aromatic rings. The first kappa shape index (κ1) is 14.7. The maximum Gasteiger partial charge on any atom is 0.257 e. The van der Waals surface area contributed by atoms with Crippen molar-refractivity contribution in [2.75, 3.05) is 13.1 Å². The van der Waals surface area contributed by atoms with Crippen LogP contribution in [-0.2, 0) is 0 Å². The van der Waals surface area contributed by atoms with Gasteiger partial charge in [0, 0.05) is 43.0 Å². The van der Waals surface area contributed by atoms with Crippen LogP contribution < -0.4 is 0 Å². The summed E-state index contributed by atoms with van der Waals surface area (Å²) in [5.41, 5.74) is 2.86. The molecule has 1 fully saturated rings. The summed E-state index contributed by atoms with van der Waals surface area (Å²) in [5.74, 6) is 1.38. The second kappa shape index (κ2) is 5.87. The monoisotopic (exact) mass is 299 g/mol. The molecule has 0 spiro atoms. The quantitative estimate of drug-likeness (QED) is 0.943. The molecule has 0 aromatic carbocycles. The number of carbonyl (C=O) groups excluding carboxylic acids is 1. The molecular weight excluding hydrogens is 278 g/mol. The van der Waals surface area contributed by atoms with E-state index in [1.54, 1.807) is 12.4 Å². The molecule has 1 N–H and O–H groups in total. The molecule has 0 aliphatic carbocycles. The Balaban J connectivity index is 1.70. The zero-order chi connectivity index (χ0) is 15.7. The van der Waals surface area contributed by atoms with Crippen LogP contribution in [-0.4, -0.2) is 44.1 Å². The molecule has 116 valence electrons. The second-order valence-electron chi connectivity index (χ2n) is 6.19. The van der Waals surface area contributed by atoms with E-state index in [2.05, 4.69) is 20.2 Å². The van der Waals surface area contributed by atoms with Crippen LogP contribution in [0.3, 0.4) is 0 Å². The molecule has 0 bridgehead atoms. The lowest BCUT2D eigenvalue weighted by molar-refractivity contribution is 0.0789. The van der Waals surface area contributed by atoms with Gasteiger partial charge in [-0.15, -0.1) is 0 Å². The highest BCUT2D eigenvalue weighted by Gasteiger charge is 2.30. The van der Waals surface area contributed by atoms with Crippen molar-refractivity contribution in [1.29, 1.82) is 0 Å². The molecule has 1 aliphatic rings. The molecule has 6 nitrogen and oxygen atoms in total. The zero-order valence-corrected chi connectivity index (χ0v) is 13.2. The summed E-state index contributed by atoms with van der Waals surface area (Å²) in [5, 5.41) is 7.13. The van der Waals surface area contributed by atoms with Gasteiger partial charge in [-0.3, -0.25) is 9.89 Å². The van der Waals surface area contributed by atoms with Crippen LogP contribution in [0.2, 0.25) is 0 Å². The van der Waals surface area contributed by atoms with Gasteiger partial charge in [0.2, 0.25) is 0 Å². The molecule has 1 aliphatic heterocycles. The molecule has 6 heteroatoms.